The molecular formula is C13H24O10. The van der Waals surface area contributed by atoms with Gasteiger partial charge in [-0.15, -0.1) is 0 Å². The van der Waals surface area contributed by atoms with Crippen LogP contribution in [-0.4, -0.2) is 110 Å². The van der Waals surface area contributed by atoms with Gasteiger partial charge < -0.3 is 50.0 Å². The fourth-order valence-electron chi connectivity index (χ4n) is 2.78. The molecule has 0 bridgehead atoms. The summed E-state index contributed by atoms with van der Waals surface area (Å²) in [5, 5.41) is 67.8. The molecule has 2 heterocycles. The Morgan fingerprint density at radius 1 is 0.739 bits per heavy atom. The van der Waals surface area contributed by atoms with Crippen LogP contribution in [0.15, 0.2) is 0 Å². The Labute approximate surface area is 132 Å². The van der Waals surface area contributed by atoms with Crippen LogP contribution in [0.1, 0.15) is 6.92 Å². The average molecular weight is 340 g/mol. The molecule has 2 aliphatic heterocycles. The lowest BCUT2D eigenvalue weighted by Crippen LogP contribution is -2.64. The van der Waals surface area contributed by atoms with E-state index in [4.69, 9.17) is 19.3 Å². The minimum absolute atomic E-state index is 0.518. The van der Waals surface area contributed by atoms with Crippen LogP contribution in [-0.2, 0) is 14.2 Å². The standard InChI is InChI=1S/C13H24O10/c1-4-7(16)10(19)12(6(3-15)21-4)23-13-11(20)9(18)8(17)5(2-14)22-13/h4-20H,2-3H2,1H3/t4-,5?,6?,7+,8-,9?,10?,11-,12+,13-/m0/s1. The molecule has 7 N–H and O–H groups in total. The maximum Gasteiger partial charge on any atom is 0.187 e. The third-order valence-corrected chi connectivity index (χ3v) is 4.24. The molecule has 0 saturated carbocycles. The molecule has 10 nitrogen and oxygen atoms in total. The van der Waals surface area contributed by atoms with E-state index in [-0.39, 0.29) is 0 Å². The number of rotatable bonds is 4. The minimum atomic E-state index is -1.66. The third kappa shape index (κ3) is 3.66. The first-order chi connectivity index (χ1) is 10.8. The Balaban J connectivity index is 2.11. The molecule has 0 aromatic carbocycles. The molecule has 0 aliphatic carbocycles. The fraction of sp³-hybridized carbons (Fsp3) is 1.00. The van der Waals surface area contributed by atoms with E-state index >= 15 is 0 Å². The number of aliphatic hydroxyl groups is 7. The summed E-state index contributed by atoms with van der Waals surface area (Å²) in [5.41, 5.74) is 0. The Bertz CT molecular complexity index is 378. The highest BCUT2D eigenvalue weighted by Gasteiger charge is 2.49. The van der Waals surface area contributed by atoms with Gasteiger partial charge >= 0.3 is 0 Å². The molecule has 0 radical (unpaired) electrons. The third-order valence-electron chi connectivity index (χ3n) is 4.24. The van der Waals surface area contributed by atoms with E-state index in [9.17, 15) is 30.6 Å². The van der Waals surface area contributed by atoms with Crippen molar-refractivity contribution in [3.05, 3.63) is 0 Å². The van der Waals surface area contributed by atoms with Gasteiger partial charge in [-0.25, -0.2) is 0 Å². The summed E-state index contributed by atoms with van der Waals surface area (Å²) in [5.74, 6) is 0. The number of aliphatic hydroxyl groups excluding tert-OH is 7. The topological polar surface area (TPSA) is 169 Å². The lowest BCUT2D eigenvalue weighted by molar-refractivity contribution is -0.341. The summed E-state index contributed by atoms with van der Waals surface area (Å²) in [6.45, 7) is 0.369. The highest BCUT2D eigenvalue weighted by Crippen LogP contribution is 2.28. The van der Waals surface area contributed by atoms with Crippen molar-refractivity contribution in [2.45, 2.75) is 68.1 Å². The molecule has 2 aliphatic rings. The molecule has 10 atom stereocenters. The van der Waals surface area contributed by atoms with Crippen LogP contribution >= 0.6 is 0 Å². The van der Waals surface area contributed by atoms with Crippen LogP contribution in [0.25, 0.3) is 0 Å². The summed E-state index contributed by atoms with van der Waals surface area (Å²) < 4.78 is 15.9. The first kappa shape index (κ1) is 18.9. The highest BCUT2D eigenvalue weighted by atomic mass is 16.7. The molecule has 0 amide bonds. The zero-order chi connectivity index (χ0) is 17.3. The molecule has 136 valence electrons. The van der Waals surface area contributed by atoms with Crippen LogP contribution in [0, 0.1) is 0 Å². The number of ether oxygens (including phenoxy) is 3. The maximum atomic E-state index is 10.1. The van der Waals surface area contributed by atoms with E-state index in [0.717, 1.165) is 0 Å². The van der Waals surface area contributed by atoms with Gasteiger partial charge in [0.2, 0.25) is 0 Å². The first-order valence-electron chi connectivity index (χ1n) is 7.40. The van der Waals surface area contributed by atoms with Crippen molar-refractivity contribution in [1.82, 2.24) is 0 Å². The molecule has 2 fully saturated rings. The zero-order valence-corrected chi connectivity index (χ0v) is 12.5. The lowest BCUT2D eigenvalue weighted by atomic mass is 9.95. The molecule has 4 unspecified atom stereocenters. The van der Waals surface area contributed by atoms with Crippen molar-refractivity contribution in [3.63, 3.8) is 0 Å². The molecule has 0 aromatic heterocycles. The van der Waals surface area contributed by atoms with Crippen molar-refractivity contribution in [1.29, 1.82) is 0 Å². The maximum absolute atomic E-state index is 10.1. The van der Waals surface area contributed by atoms with E-state index in [1.807, 2.05) is 0 Å². The van der Waals surface area contributed by atoms with Crippen molar-refractivity contribution in [3.8, 4) is 0 Å². The van der Waals surface area contributed by atoms with E-state index in [2.05, 4.69) is 0 Å². The molecule has 2 rings (SSSR count). The highest BCUT2D eigenvalue weighted by molar-refractivity contribution is 4.94. The van der Waals surface area contributed by atoms with Crippen molar-refractivity contribution in [2.75, 3.05) is 13.2 Å². The van der Waals surface area contributed by atoms with Gasteiger partial charge in [-0.05, 0) is 6.92 Å². The van der Waals surface area contributed by atoms with Crippen LogP contribution in [0.4, 0.5) is 0 Å². The van der Waals surface area contributed by atoms with E-state index in [0.29, 0.717) is 0 Å². The van der Waals surface area contributed by atoms with Gasteiger partial charge in [0.25, 0.3) is 0 Å². The second-order valence-electron chi connectivity index (χ2n) is 5.84. The van der Waals surface area contributed by atoms with Crippen LogP contribution in [0.2, 0.25) is 0 Å². The average Bonchev–Trinajstić information content (AvgIpc) is 2.55. The molecule has 10 heteroatoms. The van der Waals surface area contributed by atoms with Gasteiger partial charge in [0.05, 0.1) is 19.3 Å². The summed E-state index contributed by atoms with van der Waals surface area (Å²) in [6.07, 6.45) is -13.2. The van der Waals surface area contributed by atoms with Gasteiger partial charge in [0, 0.05) is 0 Å². The minimum Gasteiger partial charge on any atom is -0.394 e. The molecule has 0 spiro atoms. The van der Waals surface area contributed by atoms with Crippen LogP contribution in [0.5, 0.6) is 0 Å². The quantitative estimate of drug-likeness (QED) is 0.265. The van der Waals surface area contributed by atoms with Crippen molar-refractivity contribution in [2.24, 2.45) is 0 Å². The van der Waals surface area contributed by atoms with E-state index in [1.165, 1.54) is 6.92 Å². The lowest BCUT2D eigenvalue weighted by Gasteiger charge is -2.45. The van der Waals surface area contributed by atoms with Gasteiger partial charge in [-0.2, -0.15) is 0 Å². The van der Waals surface area contributed by atoms with E-state index < -0.39 is 74.4 Å². The molecular weight excluding hydrogens is 316 g/mol. The predicted octanol–water partition coefficient (Wildman–Crippen LogP) is -4.33. The largest absolute Gasteiger partial charge is 0.394 e. The Morgan fingerprint density at radius 3 is 1.91 bits per heavy atom. The Kier molecular flexibility index (Phi) is 6.30. The zero-order valence-electron chi connectivity index (χ0n) is 12.5. The second-order valence-corrected chi connectivity index (χ2v) is 5.84. The summed E-state index contributed by atoms with van der Waals surface area (Å²) >= 11 is 0. The monoisotopic (exact) mass is 340 g/mol. The predicted molar refractivity (Wildman–Crippen MR) is 72.1 cm³/mol. The van der Waals surface area contributed by atoms with Gasteiger partial charge in [0.15, 0.2) is 6.29 Å². The van der Waals surface area contributed by atoms with E-state index in [1.54, 1.807) is 0 Å². The molecule has 23 heavy (non-hydrogen) atoms. The Morgan fingerprint density at radius 2 is 1.35 bits per heavy atom. The first-order valence-corrected chi connectivity index (χ1v) is 7.40. The number of hydrogen-bond donors (Lipinski definition) is 7. The van der Waals surface area contributed by atoms with Crippen molar-refractivity contribution < 1.29 is 50.0 Å². The summed E-state index contributed by atoms with van der Waals surface area (Å²) in [7, 11) is 0. The SMILES string of the molecule is C[C@@H]1OC(CO)[C@@H](O[C@@H]2OC(CO)[C@H](O)C(O)[C@@H]2O)C(O)[C@@H]1O. The number of hydrogen-bond acceptors (Lipinski definition) is 10. The molecule has 2 saturated heterocycles. The van der Waals surface area contributed by atoms with Gasteiger partial charge in [-0.3, -0.25) is 0 Å². The fourth-order valence-corrected chi connectivity index (χ4v) is 2.78. The van der Waals surface area contributed by atoms with Gasteiger partial charge in [0.1, 0.15) is 48.8 Å². The summed E-state index contributed by atoms with van der Waals surface area (Å²) in [6, 6.07) is 0. The second kappa shape index (κ2) is 7.66. The van der Waals surface area contributed by atoms with Crippen LogP contribution in [0.3, 0.4) is 0 Å². The Hall–Kier alpha value is -0.400. The van der Waals surface area contributed by atoms with Crippen molar-refractivity contribution >= 4 is 0 Å². The molecule has 0 aromatic rings. The normalized spacial score (nSPS) is 51.7. The summed E-state index contributed by atoms with van der Waals surface area (Å²) in [4.78, 5) is 0. The van der Waals surface area contributed by atoms with Gasteiger partial charge in [-0.1, -0.05) is 0 Å². The van der Waals surface area contributed by atoms with Crippen LogP contribution < -0.4 is 0 Å². The smallest absolute Gasteiger partial charge is 0.187 e.